The summed E-state index contributed by atoms with van der Waals surface area (Å²) in [5.74, 6) is 1.63. The van der Waals surface area contributed by atoms with Gasteiger partial charge < -0.3 is 10.4 Å². The quantitative estimate of drug-likeness (QED) is 0.749. The van der Waals surface area contributed by atoms with E-state index in [1.54, 1.807) is 0 Å². The Morgan fingerprint density at radius 3 is 2.44 bits per heavy atom. The van der Waals surface area contributed by atoms with Crippen molar-refractivity contribution in [1.29, 1.82) is 0 Å². The molecule has 3 heteroatoms. The van der Waals surface area contributed by atoms with E-state index in [0.29, 0.717) is 5.75 Å². The van der Waals surface area contributed by atoms with Crippen molar-refractivity contribution in [3.8, 4) is 5.75 Å². The van der Waals surface area contributed by atoms with Gasteiger partial charge in [-0.25, -0.2) is 0 Å². The molecule has 1 aromatic carbocycles. The van der Waals surface area contributed by atoms with Crippen LogP contribution in [0.3, 0.4) is 0 Å². The number of rotatable bonds is 6. The fraction of sp³-hybridized carbons (Fsp3) is 0.538. The van der Waals surface area contributed by atoms with Crippen molar-refractivity contribution in [2.24, 2.45) is 0 Å². The lowest BCUT2D eigenvalue weighted by atomic mass is 10.1. The Kier molecular flexibility index (Phi) is 5.71. The average molecular weight is 239 g/mol. The second-order valence-electron chi connectivity index (χ2n) is 4.10. The molecule has 0 spiro atoms. The molecule has 0 fully saturated rings. The number of hydrogen-bond acceptors (Lipinski definition) is 3. The molecule has 0 saturated carbocycles. The van der Waals surface area contributed by atoms with Gasteiger partial charge in [0.15, 0.2) is 0 Å². The summed E-state index contributed by atoms with van der Waals surface area (Å²) >= 11 is 1.88. The molecule has 0 unspecified atom stereocenters. The summed E-state index contributed by atoms with van der Waals surface area (Å²) < 4.78 is 0. The Hall–Kier alpha value is -0.670. The van der Waals surface area contributed by atoms with Gasteiger partial charge in [-0.05, 0) is 55.5 Å². The van der Waals surface area contributed by atoms with E-state index in [1.807, 2.05) is 37.7 Å². The summed E-state index contributed by atoms with van der Waals surface area (Å²) in [4.78, 5) is 0. The smallest absolute Gasteiger partial charge is 0.121 e. The first-order valence-corrected chi connectivity index (χ1v) is 7.03. The first-order chi connectivity index (χ1) is 7.65. The minimum absolute atomic E-state index is 0.422. The van der Waals surface area contributed by atoms with Gasteiger partial charge in [0.2, 0.25) is 0 Å². The number of aromatic hydroxyl groups is 1. The van der Waals surface area contributed by atoms with Crippen LogP contribution in [0, 0.1) is 13.8 Å². The highest BCUT2D eigenvalue weighted by Crippen LogP contribution is 2.22. The van der Waals surface area contributed by atoms with Gasteiger partial charge in [0.05, 0.1) is 0 Å². The van der Waals surface area contributed by atoms with Gasteiger partial charge in [-0.3, -0.25) is 0 Å². The van der Waals surface area contributed by atoms with Gasteiger partial charge in [-0.2, -0.15) is 11.8 Å². The Labute approximate surface area is 102 Å². The maximum atomic E-state index is 9.65. The molecule has 2 nitrogen and oxygen atoms in total. The molecule has 1 rings (SSSR count). The fourth-order valence-corrected chi connectivity index (χ4v) is 2.15. The number of phenols is 1. The van der Waals surface area contributed by atoms with E-state index in [1.165, 1.54) is 17.7 Å². The third-order valence-electron chi connectivity index (χ3n) is 2.58. The van der Waals surface area contributed by atoms with E-state index >= 15 is 0 Å². The lowest BCUT2D eigenvalue weighted by molar-refractivity contribution is 0.466. The van der Waals surface area contributed by atoms with E-state index in [4.69, 9.17) is 0 Å². The zero-order valence-electron chi connectivity index (χ0n) is 10.3. The summed E-state index contributed by atoms with van der Waals surface area (Å²) in [6.07, 6.45) is 3.34. The van der Waals surface area contributed by atoms with E-state index in [9.17, 15) is 5.11 Å². The maximum Gasteiger partial charge on any atom is 0.121 e. The van der Waals surface area contributed by atoms with Crippen LogP contribution in [0.1, 0.15) is 23.1 Å². The summed E-state index contributed by atoms with van der Waals surface area (Å²) in [6, 6.07) is 4.09. The summed E-state index contributed by atoms with van der Waals surface area (Å²) in [5.41, 5.74) is 3.17. The van der Waals surface area contributed by atoms with Crippen LogP contribution in [0.25, 0.3) is 0 Å². The lowest BCUT2D eigenvalue weighted by Crippen LogP contribution is -2.15. The van der Waals surface area contributed by atoms with Crippen molar-refractivity contribution in [2.75, 3.05) is 18.6 Å². The Morgan fingerprint density at radius 1 is 1.25 bits per heavy atom. The molecule has 0 aliphatic rings. The maximum absolute atomic E-state index is 9.65. The van der Waals surface area contributed by atoms with Crippen LogP contribution in [0.4, 0.5) is 0 Å². The van der Waals surface area contributed by atoms with Crippen molar-refractivity contribution in [3.05, 3.63) is 28.8 Å². The molecule has 0 amide bonds. The molecule has 16 heavy (non-hydrogen) atoms. The van der Waals surface area contributed by atoms with Crippen LogP contribution in [0.5, 0.6) is 5.75 Å². The van der Waals surface area contributed by atoms with E-state index in [2.05, 4.69) is 11.6 Å². The molecule has 90 valence electrons. The minimum Gasteiger partial charge on any atom is -0.507 e. The molecule has 0 aliphatic heterocycles. The fourth-order valence-electron chi connectivity index (χ4n) is 1.72. The number of nitrogens with one attached hydrogen (secondary N) is 1. The SMILES string of the molecule is CSCCCNCc1cc(C)c(O)c(C)c1. The topological polar surface area (TPSA) is 32.3 Å². The van der Waals surface area contributed by atoms with Gasteiger partial charge in [0.1, 0.15) is 5.75 Å². The minimum atomic E-state index is 0.422. The van der Waals surface area contributed by atoms with Crippen molar-refractivity contribution < 1.29 is 5.11 Å². The van der Waals surface area contributed by atoms with E-state index in [-0.39, 0.29) is 0 Å². The van der Waals surface area contributed by atoms with Crippen LogP contribution in [-0.2, 0) is 6.54 Å². The predicted molar refractivity (Wildman–Crippen MR) is 72.3 cm³/mol. The summed E-state index contributed by atoms with van der Waals surface area (Å²) in [7, 11) is 0. The molecular formula is C13H21NOS. The zero-order valence-corrected chi connectivity index (χ0v) is 11.2. The molecule has 0 saturated heterocycles. The molecule has 2 N–H and O–H groups in total. The molecule has 0 bridgehead atoms. The van der Waals surface area contributed by atoms with Crippen molar-refractivity contribution in [2.45, 2.75) is 26.8 Å². The highest BCUT2D eigenvalue weighted by atomic mass is 32.2. The first kappa shape index (κ1) is 13.4. The third kappa shape index (κ3) is 4.06. The average Bonchev–Trinajstić information content (AvgIpc) is 2.25. The van der Waals surface area contributed by atoms with Crippen LogP contribution in [0.2, 0.25) is 0 Å². The van der Waals surface area contributed by atoms with E-state index in [0.717, 1.165) is 24.2 Å². The predicted octanol–water partition coefficient (Wildman–Crippen LogP) is 2.85. The van der Waals surface area contributed by atoms with E-state index < -0.39 is 0 Å². The third-order valence-corrected chi connectivity index (χ3v) is 3.28. The molecule has 0 atom stereocenters. The standard InChI is InChI=1S/C13H21NOS/c1-10-7-12(8-11(2)13(10)15)9-14-5-4-6-16-3/h7-8,14-15H,4-6,9H2,1-3H3. The molecule has 1 aromatic rings. The number of hydrogen-bond donors (Lipinski definition) is 2. The number of aryl methyl sites for hydroxylation is 2. The summed E-state index contributed by atoms with van der Waals surface area (Å²) in [6.45, 7) is 5.83. The van der Waals surface area contributed by atoms with Gasteiger partial charge in [0, 0.05) is 6.54 Å². The van der Waals surface area contributed by atoms with Crippen LogP contribution >= 0.6 is 11.8 Å². The zero-order chi connectivity index (χ0) is 12.0. The van der Waals surface area contributed by atoms with Crippen molar-refractivity contribution in [3.63, 3.8) is 0 Å². The largest absolute Gasteiger partial charge is 0.507 e. The normalized spacial score (nSPS) is 10.7. The van der Waals surface area contributed by atoms with Crippen molar-refractivity contribution >= 4 is 11.8 Å². The molecular weight excluding hydrogens is 218 g/mol. The highest BCUT2D eigenvalue weighted by molar-refractivity contribution is 7.98. The highest BCUT2D eigenvalue weighted by Gasteiger charge is 2.02. The van der Waals surface area contributed by atoms with Gasteiger partial charge in [-0.15, -0.1) is 0 Å². The molecule has 0 aliphatic carbocycles. The van der Waals surface area contributed by atoms with Crippen molar-refractivity contribution in [1.82, 2.24) is 5.32 Å². The van der Waals surface area contributed by atoms with Gasteiger partial charge in [-0.1, -0.05) is 12.1 Å². The van der Waals surface area contributed by atoms with Crippen LogP contribution in [0.15, 0.2) is 12.1 Å². The summed E-state index contributed by atoms with van der Waals surface area (Å²) in [5, 5.41) is 13.1. The number of thioether (sulfide) groups is 1. The van der Waals surface area contributed by atoms with Crippen LogP contribution in [-0.4, -0.2) is 23.7 Å². The lowest BCUT2D eigenvalue weighted by Gasteiger charge is -2.09. The Balaban J connectivity index is 2.43. The second-order valence-corrected chi connectivity index (χ2v) is 5.09. The number of benzene rings is 1. The monoisotopic (exact) mass is 239 g/mol. The molecule has 0 radical (unpaired) electrons. The van der Waals surface area contributed by atoms with Crippen LogP contribution < -0.4 is 5.32 Å². The Morgan fingerprint density at radius 2 is 1.88 bits per heavy atom. The molecule has 0 aromatic heterocycles. The first-order valence-electron chi connectivity index (χ1n) is 5.64. The Bertz CT molecular complexity index is 316. The van der Waals surface area contributed by atoms with Gasteiger partial charge >= 0.3 is 0 Å². The number of phenolic OH excluding ortho intramolecular Hbond substituents is 1. The molecule has 0 heterocycles. The second kappa shape index (κ2) is 6.81. The van der Waals surface area contributed by atoms with Gasteiger partial charge in [0.25, 0.3) is 0 Å².